The first-order chi connectivity index (χ1) is 16.4. The molecule has 0 bridgehead atoms. The van der Waals surface area contributed by atoms with E-state index in [0.717, 1.165) is 18.2 Å². The van der Waals surface area contributed by atoms with Gasteiger partial charge < -0.3 is 15.5 Å². The fraction of sp³-hybridized carbons (Fsp3) is 0.400. The van der Waals surface area contributed by atoms with Crippen LogP contribution in [-0.4, -0.2) is 60.4 Å². The minimum Gasteiger partial charge on any atom is -0.353 e. The predicted molar refractivity (Wildman–Crippen MR) is 126 cm³/mol. The summed E-state index contributed by atoms with van der Waals surface area (Å²) in [4.78, 5) is 42.0. The molecule has 178 valence electrons. The van der Waals surface area contributed by atoms with Gasteiger partial charge in [0, 0.05) is 49.4 Å². The summed E-state index contributed by atoms with van der Waals surface area (Å²) in [6, 6.07) is 11.3. The molecule has 2 fully saturated rings. The van der Waals surface area contributed by atoms with Crippen LogP contribution in [0.3, 0.4) is 0 Å². The van der Waals surface area contributed by atoms with Crippen molar-refractivity contribution in [2.24, 2.45) is 0 Å². The maximum absolute atomic E-state index is 13.4. The van der Waals surface area contributed by atoms with Crippen molar-refractivity contribution in [1.82, 2.24) is 15.5 Å². The Labute approximate surface area is 202 Å². The van der Waals surface area contributed by atoms with E-state index in [1.54, 1.807) is 0 Å². The second-order valence-corrected chi connectivity index (χ2v) is 9.52. The maximum Gasteiger partial charge on any atom is 0.251 e. The molecular formula is C25H26ClFN4O3. The van der Waals surface area contributed by atoms with Crippen molar-refractivity contribution in [3.63, 3.8) is 0 Å². The van der Waals surface area contributed by atoms with Gasteiger partial charge in [-0.2, -0.15) is 0 Å². The van der Waals surface area contributed by atoms with Gasteiger partial charge in [0.25, 0.3) is 5.91 Å². The molecule has 2 aromatic rings. The van der Waals surface area contributed by atoms with E-state index in [2.05, 4.69) is 21.6 Å². The van der Waals surface area contributed by atoms with Gasteiger partial charge in [0.15, 0.2) is 0 Å². The number of hydrogen-bond donors (Lipinski definition) is 2. The fourth-order valence-electron chi connectivity index (χ4n) is 5.28. The SMILES string of the molecule is O=C(NC1CC2C(=O)NCC(CCC(=O)N3CCc4ccccc43)N2C1)c1ccc(F)c(Cl)c1. The number of hydrogen-bond acceptors (Lipinski definition) is 4. The highest BCUT2D eigenvalue weighted by Gasteiger charge is 2.44. The van der Waals surface area contributed by atoms with Gasteiger partial charge in [-0.1, -0.05) is 29.8 Å². The molecule has 2 saturated heterocycles. The maximum atomic E-state index is 13.4. The van der Waals surface area contributed by atoms with Crippen LogP contribution >= 0.6 is 11.6 Å². The van der Waals surface area contributed by atoms with Gasteiger partial charge in [0.1, 0.15) is 5.82 Å². The van der Waals surface area contributed by atoms with Crippen molar-refractivity contribution in [3.05, 3.63) is 64.4 Å². The Morgan fingerprint density at radius 3 is 2.85 bits per heavy atom. The molecule has 0 spiro atoms. The van der Waals surface area contributed by atoms with Crippen LogP contribution in [0.2, 0.25) is 5.02 Å². The van der Waals surface area contributed by atoms with Gasteiger partial charge in [-0.05, 0) is 49.1 Å². The zero-order valence-electron chi connectivity index (χ0n) is 18.6. The van der Waals surface area contributed by atoms with E-state index in [1.807, 2.05) is 23.1 Å². The third kappa shape index (κ3) is 4.40. The van der Waals surface area contributed by atoms with Gasteiger partial charge in [-0.15, -0.1) is 0 Å². The lowest BCUT2D eigenvalue weighted by Crippen LogP contribution is -2.58. The van der Waals surface area contributed by atoms with Crippen molar-refractivity contribution < 1.29 is 18.8 Å². The molecule has 9 heteroatoms. The summed E-state index contributed by atoms with van der Waals surface area (Å²) in [6.45, 7) is 1.70. The molecule has 0 saturated carbocycles. The molecule has 0 aromatic heterocycles. The second-order valence-electron chi connectivity index (χ2n) is 9.11. The molecule has 2 aromatic carbocycles. The van der Waals surface area contributed by atoms with Gasteiger partial charge in [-0.3, -0.25) is 19.3 Å². The highest BCUT2D eigenvalue weighted by atomic mass is 35.5. The molecule has 34 heavy (non-hydrogen) atoms. The molecule has 2 N–H and O–H groups in total. The molecular weight excluding hydrogens is 459 g/mol. The summed E-state index contributed by atoms with van der Waals surface area (Å²) in [7, 11) is 0. The Morgan fingerprint density at radius 1 is 1.21 bits per heavy atom. The highest BCUT2D eigenvalue weighted by Crippen LogP contribution is 2.30. The van der Waals surface area contributed by atoms with Crippen LogP contribution in [-0.2, 0) is 16.0 Å². The zero-order valence-corrected chi connectivity index (χ0v) is 19.4. The van der Waals surface area contributed by atoms with E-state index in [-0.39, 0.29) is 46.4 Å². The largest absolute Gasteiger partial charge is 0.353 e. The minimum atomic E-state index is -0.581. The minimum absolute atomic E-state index is 0.0201. The van der Waals surface area contributed by atoms with Gasteiger partial charge >= 0.3 is 0 Å². The van der Waals surface area contributed by atoms with Crippen molar-refractivity contribution in [2.75, 3.05) is 24.5 Å². The number of nitrogens with one attached hydrogen (secondary N) is 2. The number of amides is 3. The van der Waals surface area contributed by atoms with E-state index >= 15 is 0 Å². The first-order valence-corrected chi connectivity index (χ1v) is 12.0. The highest BCUT2D eigenvalue weighted by molar-refractivity contribution is 6.31. The molecule has 0 aliphatic carbocycles. The fourth-order valence-corrected chi connectivity index (χ4v) is 5.46. The second kappa shape index (κ2) is 9.35. The Bertz CT molecular complexity index is 1140. The summed E-state index contributed by atoms with van der Waals surface area (Å²) in [6.07, 6.45) is 2.37. The Kier molecular flexibility index (Phi) is 6.27. The summed E-state index contributed by atoms with van der Waals surface area (Å²) in [5, 5.41) is 5.79. The number of carbonyl (C=O) groups is 3. The van der Waals surface area contributed by atoms with Crippen molar-refractivity contribution in [2.45, 2.75) is 43.8 Å². The van der Waals surface area contributed by atoms with Crippen molar-refractivity contribution >= 4 is 35.0 Å². The molecule has 7 nitrogen and oxygen atoms in total. The van der Waals surface area contributed by atoms with Crippen molar-refractivity contribution in [1.29, 1.82) is 0 Å². The standard InChI is InChI=1S/C25H26ClFN4O3/c26-19-11-16(5-7-20(19)27)24(33)29-17-12-22-25(34)28-13-18(31(22)14-17)6-8-23(32)30-10-9-15-3-1-2-4-21(15)30/h1-5,7,11,17-18,22H,6,8-10,12-14H2,(H,28,34)(H,29,33). The lowest BCUT2D eigenvalue weighted by Gasteiger charge is -2.37. The first kappa shape index (κ1) is 22.8. The average molecular weight is 485 g/mol. The molecule has 3 amide bonds. The average Bonchev–Trinajstić information content (AvgIpc) is 3.45. The van der Waals surface area contributed by atoms with E-state index in [4.69, 9.17) is 11.6 Å². The van der Waals surface area contributed by atoms with E-state index in [9.17, 15) is 18.8 Å². The van der Waals surface area contributed by atoms with Crippen LogP contribution in [0.25, 0.3) is 0 Å². The van der Waals surface area contributed by atoms with E-state index in [0.29, 0.717) is 38.9 Å². The lowest BCUT2D eigenvalue weighted by atomic mass is 10.0. The number of benzene rings is 2. The van der Waals surface area contributed by atoms with Crippen LogP contribution in [0.5, 0.6) is 0 Å². The van der Waals surface area contributed by atoms with E-state index < -0.39 is 5.82 Å². The number of rotatable bonds is 5. The number of anilines is 1. The van der Waals surface area contributed by atoms with Crippen LogP contribution < -0.4 is 15.5 Å². The Balaban J connectivity index is 1.20. The molecule has 3 aliphatic heterocycles. The Hall–Kier alpha value is -2.97. The van der Waals surface area contributed by atoms with E-state index in [1.165, 1.54) is 17.7 Å². The van der Waals surface area contributed by atoms with Crippen LogP contribution in [0.4, 0.5) is 10.1 Å². The number of halogens is 2. The quantitative estimate of drug-likeness (QED) is 0.683. The van der Waals surface area contributed by atoms with Gasteiger partial charge in [-0.25, -0.2) is 4.39 Å². The number of piperazine rings is 1. The number of carbonyl (C=O) groups excluding carboxylic acids is 3. The molecule has 3 unspecified atom stereocenters. The number of fused-ring (bicyclic) bond motifs is 2. The number of para-hydroxylation sites is 1. The molecule has 3 atom stereocenters. The van der Waals surface area contributed by atoms with Crippen LogP contribution in [0, 0.1) is 5.82 Å². The lowest BCUT2D eigenvalue weighted by molar-refractivity contribution is -0.129. The summed E-state index contributed by atoms with van der Waals surface area (Å²) >= 11 is 5.80. The van der Waals surface area contributed by atoms with Crippen LogP contribution in [0.1, 0.15) is 35.2 Å². The first-order valence-electron chi connectivity index (χ1n) is 11.6. The third-order valence-corrected chi connectivity index (χ3v) is 7.31. The molecule has 5 rings (SSSR count). The topological polar surface area (TPSA) is 81.8 Å². The third-order valence-electron chi connectivity index (χ3n) is 7.02. The van der Waals surface area contributed by atoms with Gasteiger partial charge in [0.05, 0.1) is 11.1 Å². The number of nitrogens with zero attached hydrogens (tertiary/aromatic N) is 2. The van der Waals surface area contributed by atoms with Crippen LogP contribution in [0.15, 0.2) is 42.5 Å². The zero-order chi connectivity index (χ0) is 23.8. The predicted octanol–water partition coefficient (Wildman–Crippen LogP) is 2.52. The summed E-state index contributed by atoms with van der Waals surface area (Å²) in [5.41, 5.74) is 2.46. The molecule has 0 radical (unpaired) electrons. The monoisotopic (exact) mass is 484 g/mol. The molecule has 3 aliphatic rings. The summed E-state index contributed by atoms with van der Waals surface area (Å²) in [5.74, 6) is -0.900. The van der Waals surface area contributed by atoms with Crippen molar-refractivity contribution in [3.8, 4) is 0 Å². The Morgan fingerprint density at radius 2 is 2.03 bits per heavy atom. The normalized spacial score (nSPS) is 23.9. The smallest absolute Gasteiger partial charge is 0.251 e. The summed E-state index contributed by atoms with van der Waals surface area (Å²) < 4.78 is 13.4. The van der Waals surface area contributed by atoms with Gasteiger partial charge in [0.2, 0.25) is 11.8 Å². The molecule has 3 heterocycles.